The van der Waals surface area contributed by atoms with E-state index in [0.717, 1.165) is 31.1 Å². The molecule has 0 aliphatic heterocycles. The van der Waals surface area contributed by atoms with Crippen LogP contribution >= 0.6 is 0 Å². The lowest BCUT2D eigenvalue weighted by molar-refractivity contribution is -0.146. The van der Waals surface area contributed by atoms with E-state index in [0.29, 0.717) is 33.8 Å². The van der Waals surface area contributed by atoms with Crippen LogP contribution in [0, 0.1) is 5.92 Å². The first-order chi connectivity index (χ1) is 17.8. The number of hydrogen-bond acceptors (Lipinski definition) is 6. The zero-order valence-corrected chi connectivity index (χ0v) is 22.2. The van der Waals surface area contributed by atoms with Crippen molar-refractivity contribution >= 4 is 16.9 Å². The highest BCUT2D eigenvalue weighted by molar-refractivity contribution is 5.87. The molecule has 0 spiro atoms. The minimum absolute atomic E-state index is 0.0331. The topological polar surface area (TPSA) is 75.0 Å². The molecule has 1 aliphatic carbocycles. The van der Waals surface area contributed by atoms with Crippen LogP contribution in [0.1, 0.15) is 58.4 Å². The number of hydrogen-bond donors (Lipinski definition) is 0. The van der Waals surface area contributed by atoms with Crippen molar-refractivity contribution in [2.24, 2.45) is 5.92 Å². The van der Waals surface area contributed by atoms with Gasteiger partial charge in [-0.15, -0.1) is 0 Å². The van der Waals surface area contributed by atoms with Gasteiger partial charge in [-0.2, -0.15) is 0 Å². The van der Waals surface area contributed by atoms with Gasteiger partial charge in [0.15, 0.2) is 0 Å². The van der Waals surface area contributed by atoms with E-state index in [2.05, 4.69) is 19.6 Å². The standard InChI is InChI=1S/C31H36O6/c1-6-7-8-9-21-10-13-24(29(16-21)34-5)25-17-22-11-12-23(18-28(22)37-31(25)33)35-26-14-15-27(20(26)4)36-30(32)19(2)3/h10-13,16-18,20,26-27H,2,6-9,14-15H2,1,3-5H3. The van der Waals surface area contributed by atoms with Crippen LogP contribution in [0.3, 0.4) is 0 Å². The number of benzene rings is 2. The average molecular weight is 505 g/mol. The number of esters is 1. The molecule has 3 atom stereocenters. The molecule has 3 unspecified atom stereocenters. The number of unbranched alkanes of at least 4 members (excludes halogenated alkanes) is 2. The molecule has 2 aromatic carbocycles. The molecule has 0 saturated heterocycles. The molecule has 37 heavy (non-hydrogen) atoms. The molecule has 1 fully saturated rings. The SMILES string of the molecule is C=C(C)C(=O)OC1CCC(Oc2ccc3cc(-c4ccc(CCCCC)cc4OC)c(=O)oc3c2)C1C. The highest BCUT2D eigenvalue weighted by atomic mass is 16.5. The molecule has 1 aliphatic rings. The quantitative estimate of drug-likeness (QED) is 0.130. The molecule has 1 aromatic heterocycles. The van der Waals surface area contributed by atoms with Crippen molar-refractivity contribution in [2.75, 3.05) is 7.11 Å². The molecular formula is C31H36O6. The monoisotopic (exact) mass is 504 g/mol. The van der Waals surface area contributed by atoms with E-state index < -0.39 is 5.63 Å². The number of rotatable bonds is 10. The van der Waals surface area contributed by atoms with Crippen LogP contribution in [0.25, 0.3) is 22.1 Å². The largest absolute Gasteiger partial charge is 0.496 e. The molecular weight excluding hydrogens is 468 g/mol. The minimum atomic E-state index is -0.428. The summed E-state index contributed by atoms with van der Waals surface area (Å²) in [6, 6.07) is 13.3. The number of methoxy groups -OCH3 is 1. The Morgan fingerprint density at radius 2 is 1.84 bits per heavy atom. The summed E-state index contributed by atoms with van der Waals surface area (Å²) in [5.41, 5.74) is 2.79. The van der Waals surface area contributed by atoms with Gasteiger partial charge in [0.1, 0.15) is 29.3 Å². The summed E-state index contributed by atoms with van der Waals surface area (Å²) in [4.78, 5) is 24.9. The second-order valence-corrected chi connectivity index (χ2v) is 9.96. The molecule has 3 aromatic rings. The molecule has 0 N–H and O–H groups in total. The smallest absolute Gasteiger partial charge is 0.344 e. The molecule has 6 nitrogen and oxygen atoms in total. The van der Waals surface area contributed by atoms with Gasteiger partial charge in [-0.25, -0.2) is 9.59 Å². The molecule has 0 amide bonds. The van der Waals surface area contributed by atoms with Crippen molar-refractivity contribution in [1.82, 2.24) is 0 Å². The van der Waals surface area contributed by atoms with Gasteiger partial charge < -0.3 is 18.6 Å². The van der Waals surface area contributed by atoms with E-state index >= 15 is 0 Å². The predicted molar refractivity (Wildman–Crippen MR) is 145 cm³/mol. The highest BCUT2D eigenvalue weighted by Gasteiger charge is 2.37. The molecule has 0 bridgehead atoms. The Kier molecular flexibility index (Phi) is 8.37. The lowest BCUT2D eigenvalue weighted by Crippen LogP contribution is -2.28. The summed E-state index contributed by atoms with van der Waals surface area (Å²) in [5, 5.41) is 0.795. The molecule has 4 rings (SSSR count). The molecule has 1 heterocycles. The Bertz CT molecular complexity index is 1340. The summed E-state index contributed by atoms with van der Waals surface area (Å²) in [6.45, 7) is 9.50. The number of ether oxygens (including phenoxy) is 3. The first kappa shape index (κ1) is 26.5. The lowest BCUT2D eigenvalue weighted by atomic mass is 10.00. The van der Waals surface area contributed by atoms with Gasteiger partial charge >= 0.3 is 11.6 Å². The van der Waals surface area contributed by atoms with Crippen LogP contribution < -0.4 is 15.1 Å². The summed E-state index contributed by atoms with van der Waals surface area (Å²) in [7, 11) is 1.62. The number of fused-ring (bicyclic) bond motifs is 1. The summed E-state index contributed by atoms with van der Waals surface area (Å²) in [5.74, 6) is 0.938. The zero-order valence-electron chi connectivity index (χ0n) is 22.2. The Hall–Kier alpha value is -3.54. The van der Waals surface area contributed by atoms with Gasteiger partial charge in [-0.05, 0) is 62.4 Å². The second-order valence-electron chi connectivity index (χ2n) is 9.96. The van der Waals surface area contributed by atoms with E-state index in [-0.39, 0.29) is 24.1 Å². The highest BCUT2D eigenvalue weighted by Crippen LogP contribution is 2.35. The normalized spacial score (nSPS) is 19.1. The van der Waals surface area contributed by atoms with E-state index in [4.69, 9.17) is 18.6 Å². The summed E-state index contributed by atoms with van der Waals surface area (Å²) >= 11 is 0. The third-order valence-corrected chi connectivity index (χ3v) is 7.14. The van der Waals surface area contributed by atoms with Crippen molar-refractivity contribution in [3.05, 3.63) is 70.6 Å². The van der Waals surface area contributed by atoms with Gasteiger partial charge in [0.2, 0.25) is 0 Å². The van der Waals surface area contributed by atoms with Gasteiger partial charge in [0.25, 0.3) is 0 Å². The van der Waals surface area contributed by atoms with E-state index in [1.165, 1.54) is 18.4 Å². The van der Waals surface area contributed by atoms with Gasteiger partial charge in [0, 0.05) is 28.5 Å². The van der Waals surface area contributed by atoms with Crippen molar-refractivity contribution in [1.29, 1.82) is 0 Å². The van der Waals surface area contributed by atoms with Crippen molar-refractivity contribution in [3.8, 4) is 22.6 Å². The first-order valence-corrected chi connectivity index (χ1v) is 13.1. The Morgan fingerprint density at radius 1 is 1.05 bits per heavy atom. The number of aryl methyl sites for hydroxylation is 1. The van der Waals surface area contributed by atoms with E-state index in [9.17, 15) is 9.59 Å². The van der Waals surface area contributed by atoms with Gasteiger partial charge in [-0.1, -0.05) is 45.4 Å². The fourth-order valence-electron chi connectivity index (χ4n) is 4.88. The third-order valence-electron chi connectivity index (χ3n) is 7.14. The van der Waals surface area contributed by atoms with Crippen LogP contribution in [0.15, 0.2) is 63.8 Å². The number of carbonyl (C=O) groups excluding carboxylic acids is 1. The van der Waals surface area contributed by atoms with E-state index in [1.807, 2.05) is 37.3 Å². The lowest BCUT2D eigenvalue weighted by Gasteiger charge is -2.22. The third kappa shape index (κ3) is 6.07. The van der Waals surface area contributed by atoms with Crippen LogP contribution in [-0.4, -0.2) is 25.3 Å². The van der Waals surface area contributed by atoms with Crippen LogP contribution in [0.2, 0.25) is 0 Å². The van der Waals surface area contributed by atoms with Crippen LogP contribution in [0.4, 0.5) is 0 Å². The molecule has 196 valence electrons. The van der Waals surface area contributed by atoms with Crippen LogP contribution in [-0.2, 0) is 16.0 Å². The maximum absolute atomic E-state index is 13.0. The maximum atomic E-state index is 13.0. The first-order valence-electron chi connectivity index (χ1n) is 13.1. The van der Waals surface area contributed by atoms with Crippen molar-refractivity contribution in [3.63, 3.8) is 0 Å². The fraction of sp³-hybridized carbons (Fsp3) is 0.419. The Labute approximate surface area is 218 Å². The predicted octanol–water partition coefficient (Wildman–Crippen LogP) is 6.87. The molecule has 0 radical (unpaired) electrons. The Morgan fingerprint density at radius 3 is 2.57 bits per heavy atom. The fourth-order valence-corrected chi connectivity index (χ4v) is 4.88. The Balaban J connectivity index is 1.53. The summed E-state index contributed by atoms with van der Waals surface area (Å²) < 4.78 is 23.1. The zero-order chi connectivity index (χ0) is 26.5. The maximum Gasteiger partial charge on any atom is 0.344 e. The summed E-state index contributed by atoms with van der Waals surface area (Å²) in [6.07, 6.45) is 5.66. The van der Waals surface area contributed by atoms with Gasteiger partial charge in [-0.3, -0.25) is 0 Å². The minimum Gasteiger partial charge on any atom is -0.496 e. The number of carbonyl (C=O) groups is 1. The van der Waals surface area contributed by atoms with E-state index in [1.54, 1.807) is 20.1 Å². The van der Waals surface area contributed by atoms with Gasteiger partial charge in [0.05, 0.1) is 12.7 Å². The van der Waals surface area contributed by atoms with Crippen molar-refractivity contribution in [2.45, 2.75) is 71.5 Å². The second kappa shape index (κ2) is 11.7. The van der Waals surface area contributed by atoms with Crippen LogP contribution in [0.5, 0.6) is 11.5 Å². The molecule has 6 heteroatoms. The average Bonchev–Trinajstić information content (AvgIpc) is 3.22. The molecule has 1 saturated carbocycles. The van der Waals surface area contributed by atoms with Crippen molar-refractivity contribution < 1.29 is 23.4 Å².